The van der Waals surface area contributed by atoms with Gasteiger partial charge in [-0.05, 0) is 52.9 Å². The fourth-order valence-electron chi connectivity index (χ4n) is 2.73. The summed E-state index contributed by atoms with van der Waals surface area (Å²) in [5.74, 6) is 0.531. The van der Waals surface area contributed by atoms with Gasteiger partial charge in [0.25, 0.3) is 0 Å². The second-order valence-corrected chi connectivity index (χ2v) is 5.27. The summed E-state index contributed by atoms with van der Waals surface area (Å²) in [4.78, 5) is 0. The second kappa shape index (κ2) is 5.53. The predicted octanol–water partition coefficient (Wildman–Crippen LogP) is 2.13. The molecule has 1 N–H and O–H groups in total. The van der Waals surface area contributed by atoms with Crippen molar-refractivity contribution in [3.05, 3.63) is 45.8 Å². The third-order valence-electron chi connectivity index (χ3n) is 3.62. The Morgan fingerprint density at radius 3 is 2.83 bits per heavy atom. The van der Waals surface area contributed by atoms with Crippen LogP contribution in [-0.2, 0) is 13.0 Å². The SMILES string of the molecule is C=c1ccc2c(/c1=C(/C=C\C)C(C)C)CCNC2. The van der Waals surface area contributed by atoms with E-state index in [4.69, 9.17) is 0 Å². The van der Waals surface area contributed by atoms with Crippen molar-refractivity contribution >= 4 is 12.2 Å². The van der Waals surface area contributed by atoms with Crippen LogP contribution >= 0.6 is 0 Å². The van der Waals surface area contributed by atoms with E-state index >= 15 is 0 Å². The van der Waals surface area contributed by atoms with Gasteiger partial charge in [-0.1, -0.05) is 44.7 Å². The molecule has 1 aromatic carbocycles. The molecular weight excluding hydrogens is 218 g/mol. The zero-order valence-electron chi connectivity index (χ0n) is 11.7. The van der Waals surface area contributed by atoms with Crippen molar-refractivity contribution in [2.75, 3.05) is 6.54 Å². The molecule has 0 unspecified atom stereocenters. The summed E-state index contributed by atoms with van der Waals surface area (Å²) in [7, 11) is 0. The average Bonchev–Trinajstić information content (AvgIpc) is 2.36. The number of benzene rings is 1. The van der Waals surface area contributed by atoms with Crippen LogP contribution in [0.5, 0.6) is 0 Å². The third kappa shape index (κ3) is 2.41. The highest BCUT2D eigenvalue weighted by Gasteiger charge is 2.12. The summed E-state index contributed by atoms with van der Waals surface area (Å²) in [6.07, 6.45) is 5.49. The van der Waals surface area contributed by atoms with Crippen molar-refractivity contribution in [3.8, 4) is 0 Å². The molecule has 0 spiro atoms. The lowest BCUT2D eigenvalue weighted by Gasteiger charge is -2.20. The maximum Gasteiger partial charge on any atom is 0.0208 e. The smallest absolute Gasteiger partial charge is 0.0208 e. The van der Waals surface area contributed by atoms with Crippen LogP contribution in [0.2, 0.25) is 0 Å². The van der Waals surface area contributed by atoms with Crippen LogP contribution in [0.25, 0.3) is 12.2 Å². The van der Waals surface area contributed by atoms with Gasteiger partial charge in [-0.15, -0.1) is 0 Å². The fraction of sp³-hybridized carbons (Fsp3) is 0.412. The van der Waals surface area contributed by atoms with Gasteiger partial charge in [-0.3, -0.25) is 0 Å². The van der Waals surface area contributed by atoms with Crippen molar-refractivity contribution in [3.63, 3.8) is 0 Å². The van der Waals surface area contributed by atoms with E-state index in [0.29, 0.717) is 5.92 Å². The Kier molecular flexibility index (Phi) is 4.03. The van der Waals surface area contributed by atoms with Crippen molar-refractivity contribution in [2.45, 2.75) is 33.7 Å². The maximum atomic E-state index is 4.24. The van der Waals surface area contributed by atoms with Gasteiger partial charge in [-0.2, -0.15) is 0 Å². The summed E-state index contributed by atoms with van der Waals surface area (Å²) in [5, 5.41) is 6.00. The molecule has 0 amide bonds. The molecule has 1 aliphatic heterocycles. The lowest BCUT2D eigenvalue weighted by atomic mass is 9.91. The number of hydrogen-bond acceptors (Lipinski definition) is 1. The van der Waals surface area contributed by atoms with Gasteiger partial charge in [0.1, 0.15) is 0 Å². The maximum absolute atomic E-state index is 4.24. The van der Waals surface area contributed by atoms with Crippen LogP contribution in [0.3, 0.4) is 0 Å². The van der Waals surface area contributed by atoms with E-state index in [0.717, 1.165) is 24.7 Å². The lowest BCUT2D eigenvalue weighted by Crippen LogP contribution is -2.37. The summed E-state index contributed by atoms with van der Waals surface area (Å²) in [6, 6.07) is 4.38. The van der Waals surface area contributed by atoms with Gasteiger partial charge in [-0.25, -0.2) is 0 Å². The molecule has 0 aliphatic carbocycles. The average molecular weight is 241 g/mol. The molecule has 1 aliphatic rings. The van der Waals surface area contributed by atoms with E-state index < -0.39 is 0 Å². The first-order chi connectivity index (χ1) is 8.65. The largest absolute Gasteiger partial charge is 0.312 e. The molecule has 0 aromatic heterocycles. The summed E-state index contributed by atoms with van der Waals surface area (Å²) in [5.41, 5.74) is 4.36. The quantitative estimate of drug-likeness (QED) is 0.836. The molecule has 1 heterocycles. The Labute approximate surface area is 110 Å². The van der Waals surface area contributed by atoms with Crippen LogP contribution in [0.15, 0.2) is 24.3 Å². The predicted molar refractivity (Wildman–Crippen MR) is 79.7 cm³/mol. The molecule has 0 saturated heterocycles. The normalized spacial score (nSPS) is 17.1. The number of fused-ring (bicyclic) bond motifs is 1. The minimum absolute atomic E-state index is 0.531. The van der Waals surface area contributed by atoms with E-state index in [1.807, 2.05) is 0 Å². The fourth-order valence-corrected chi connectivity index (χ4v) is 2.73. The second-order valence-electron chi connectivity index (χ2n) is 5.27. The lowest BCUT2D eigenvalue weighted by molar-refractivity contribution is 0.640. The molecule has 0 atom stereocenters. The Morgan fingerprint density at radius 1 is 1.39 bits per heavy atom. The molecule has 1 nitrogen and oxygen atoms in total. The van der Waals surface area contributed by atoms with Gasteiger partial charge < -0.3 is 5.32 Å². The Hall–Kier alpha value is -1.34. The Morgan fingerprint density at radius 2 is 2.17 bits per heavy atom. The molecule has 1 aromatic rings. The van der Waals surface area contributed by atoms with Gasteiger partial charge in [0.2, 0.25) is 0 Å². The van der Waals surface area contributed by atoms with E-state index in [1.54, 1.807) is 0 Å². The molecule has 0 bridgehead atoms. The standard InChI is InChI=1S/C17H23N/c1-5-6-15(12(2)3)17-13(4)7-8-14-11-18-10-9-16(14)17/h5-8,12,18H,4,9-11H2,1-3H3/b6-5-,17-15-. The molecular formula is C17H23N. The zero-order valence-corrected chi connectivity index (χ0v) is 11.7. The minimum atomic E-state index is 0.531. The monoisotopic (exact) mass is 241 g/mol. The topological polar surface area (TPSA) is 12.0 Å². The van der Waals surface area contributed by atoms with Crippen LogP contribution in [-0.4, -0.2) is 6.54 Å². The van der Waals surface area contributed by atoms with Gasteiger partial charge >= 0.3 is 0 Å². The molecule has 0 saturated carbocycles. The molecule has 96 valence electrons. The number of hydrogen-bond donors (Lipinski definition) is 1. The Bertz CT molecular complexity index is 564. The zero-order chi connectivity index (χ0) is 13.1. The first-order valence-corrected chi connectivity index (χ1v) is 6.82. The molecule has 18 heavy (non-hydrogen) atoms. The summed E-state index contributed by atoms with van der Waals surface area (Å²) < 4.78 is 0. The summed E-state index contributed by atoms with van der Waals surface area (Å²) in [6.45, 7) is 12.9. The highest BCUT2D eigenvalue weighted by Crippen LogP contribution is 2.14. The molecule has 2 rings (SSSR count). The van der Waals surface area contributed by atoms with Crippen LogP contribution in [0.1, 0.15) is 31.9 Å². The van der Waals surface area contributed by atoms with Crippen LogP contribution < -0.4 is 15.8 Å². The van der Waals surface area contributed by atoms with Gasteiger partial charge in [0.15, 0.2) is 0 Å². The van der Waals surface area contributed by atoms with E-state index in [9.17, 15) is 0 Å². The third-order valence-corrected chi connectivity index (χ3v) is 3.62. The van der Waals surface area contributed by atoms with Gasteiger partial charge in [0.05, 0.1) is 0 Å². The number of allylic oxidation sites excluding steroid dienone is 2. The van der Waals surface area contributed by atoms with Crippen LogP contribution in [0, 0.1) is 5.92 Å². The first kappa shape index (κ1) is 13.1. The van der Waals surface area contributed by atoms with Crippen molar-refractivity contribution in [2.24, 2.45) is 5.92 Å². The summed E-state index contributed by atoms with van der Waals surface area (Å²) >= 11 is 0. The highest BCUT2D eigenvalue weighted by atomic mass is 14.9. The molecule has 0 radical (unpaired) electrons. The Balaban J connectivity index is 2.83. The van der Waals surface area contributed by atoms with E-state index in [2.05, 4.69) is 57.0 Å². The first-order valence-electron chi connectivity index (χ1n) is 6.82. The molecule has 0 fully saturated rings. The van der Waals surface area contributed by atoms with Crippen molar-refractivity contribution in [1.29, 1.82) is 0 Å². The highest BCUT2D eigenvalue weighted by molar-refractivity contribution is 5.60. The minimum Gasteiger partial charge on any atom is -0.312 e. The number of nitrogens with one attached hydrogen (secondary N) is 1. The van der Waals surface area contributed by atoms with E-state index in [-0.39, 0.29) is 0 Å². The van der Waals surface area contributed by atoms with Crippen molar-refractivity contribution < 1.29 is 0 Å². The number of rotatable bonds is 2. The molecule has 1 heteroatoms. The van der Waals surface area contributed by atoms with Gasteiger partial charge in [0, 0.05) is 6.54 Å². The van der Waals surface area contributed by atoms with E-state index in [1.165, 1.54) is 21.9 Å². The van der Waals surface area contributed by atoms with Crippen LogP contribution in [0.4, 0.5) is 0 Å². The van der Waals surface area contributed by atoms with Crippen molar-refractivity contribution in [1.82, 2.24) is 5.32 Å².